The Bertz CT molecular complexity index is 249. The molecular formula is C8H15O4P. The Hall–Kier alpha value is -0.570. The van der Waals surface area contributed by atoms with Crippen LogP contribution in [0.4, 0.5) is 0 Å². The first kappa shape index (κ1) is 12.4. The van der Waals surface area contributed by atoms with Gasteiger partial charge >= 0.3 is 7.82 Å². The minimum absolute atomic E-state index is 0.287. The van der Waals surface area contributed by atoms with Crippen molar-refractivity contribution in [3.8, 4) is 0 Å². The van der Waals surface area contributed by atoms with E-state index in [9.17, 15) is 4.57 Å². The predicted octanol–water partition coefficient (Wildman–Crippen LogP) is 2.88. The van der Waals surface area contributed by atoms with Gasteiger partial charge in [-0.15, -0.1) is 0 Å². The number of phosphoric acid groups is 1. The monoisotopic (exact) mass is 206 g/mol. The molecule has 0 amide bonds. The van der Waals surface area contributed by atoms with Gasteiger partial charge in [0.1, 0.15) is 5.76 Å². The van der Waals surface area contributed by atoms with Crippen LogP contribution in [0.1, 0.15) is 13.8 Å². The van der Waals surface area contributed by atoms with Gasteiger partial charge in [-0.25, -0.2) is 4.57 Å². The number of phosphoric ester groups is 1. The van der Waals surface area contributed by atoms with Crippen LogP contribution in [0.25, 0.3) is 0 Å². The Morgan fingerprint density at radius 3 is 2.15 bits per heavy atom. The summed E-state index contributed by atoms with van der Waals surface area (Å²) in [5, 5.41) is 0. The van der Waals surface area contributed by atoms with E-state index >= 15 is 0 Å². The van der Waals surface area contributed by atoms with E-state index in [1.165, 1.54) is 14.2 Å². The highest BCUT2D eigenvalue weighted by Crippen LogP contribution is 2.50. The van der Waals surface area contributed by atoms with Crippen molar-refractivity contribution in [1.82, 2.24) is 0 Å². The highest BCUT2D eigenvalue weighted by molar-refractivity contribution is 7.48. The Morgan fingerprint density at radius 2 is 1.85 bits per heavy atom. The topological polar surface area (TPSA) is 44.8 Å². The summed E-state index contributed by atoms with van der Waals surface area (Å²) >= 11 is 0. The van der Waals surface area contributed by atoms with Crippen molar-refractivity contribution >= 4 is 7.82 Å². The summed E-state index contributed by atoms with van der Waals surface area (Å²) < 4.78 is 25.5. The Labute approximate surface area is 78.8 Å². The van der Waals surface area contributed by atoms with E-state index in [1.807, 2.05) is 6.92 Å². The largest absolute Gasteiger partial charge is 0.529 e. The SMILES string of the molecule is C=C(OP(=O)(OC)OC)C(C)=CC. The summed E-state index contributed by atoms with van der Waals surface area (Å²) in [6, 6.07) is 0. The van der Waals surface area contributed by atoms with Gasteiger partial charge in [0, 0.05) is 14.2 Å². The van der Waals surface area contributed by atoms with Crippen LogP contribution in [0.15, 0.2) is 24.0 Å². The highest BCUT2D eigenvalue weighted by atomic mass is 31.2. The molecule has 76 valence electrons. The minimum atomic E-state index is -3.44. The lowest BCUT2D eigenvalue weighted by atomic mass is 10.3. The van der Waals surface area contributed by atoms with Crippen LogP contribution in [-0.2, 0) is 18.1 Å². The van der Waals surface area contributed by atoms with Crippen LogP contribution < -0.4 is 0 Å². The molecule has 0 unspecified atom stereocenters. The van der Waals surface area contributed by atoms with Crippen LogP contribution in [0.5, 0.6) is 0 Å². The zero-order chi connectivity index (χ0) is 10.5. The molecule has 0 bridgehead atoms. The molecule has 0 heterocycles. The average molecular weight is 206 g/mol. The Kier molecular flexibility index (Phi) is 4.99. The molecule has 0 saturated carbocycles. The molecule has 0 aromatic heterocycles. The lowest BCUT2D eigenvalue weighted by Crippen LogP contribution is -1.95. The number of hydrogen-bond donors (Lipinski definition) is 0. The molecule has 0 saturated heterocycles. The van der Waals surface area contributed by atoms with Gasteiger partial charge in [-0.05, 0) is 19.4 Å². The van der Waals surface area contributed by atoms with Gasteiger partial charge in [0.25, 0.3) is 0 Å². The van der Waals surface area contributed by atoms with Crippen molar-refractivity contribution in [3.05, 3.63) is 24.0 Å². The first-order valence-corrected chi connectivity index (χ1v) is 5.18. The van der Waals surface area contributed by atoms with Crippen molar-refractivity contribution in [2.24, 2.45) is 0 Å². The van der Waals surface area contributed by atoms with E-state index in [0.29, 0.717) is 0 Å². The molecule has 0 rings (SSSR count). The zero-order valence-electron chi connectivity index (χ0n) is 8.36. The second-order valence-corrected chi connectivity index (χ2v) is 4.11. The first-order chi connectivity index (χ1) is 5.99. The Balaban J connectivity index is 4.44. The maximum Gasteiger partial charge on any atom is 0.529 e. The van der Waals surface area contributed by atoms with Crippen LogP contribution in [-0.4, -0.2) is 14.2 Å². The molecule has 0 aliphatic rings. The molecule has 0 spiro atoms. The fourth-order valence-corrected chi connectivity index (χ4v) is 1.23. The maximum absolute atomic E-state index is 11.4. The zero-order valence-corrected chi connectivity index (χ0v) is 9.26. The third kappa shape index (κ3) is 3.77. The summed E-state index contributed by atoms with van der Waals surface area (Å²) in [6.07, 6.45) is 1.79. The van der Waals surface area contributed by atoms with Gasteiger partial charge in [0.15, 0.2) is 0 Å². The molecule has 0 aliphatic heterocycles. The second-order valence-electron chi connectivity index (χ2n) is 2.30. The van der Waals surface area contributed by atoms with Crippen molar-refractivity contribution in [2.45, 2.75) is 13.8 Å². The van der Waals surface area contributed by atoms with Crippen molar-refractivity contribution in [2.75, 3.05) is 14.2 Å². The normalized spacial score (nSPS) is 12.8. The molecule has 0 N–H and O–H groups in total. The van der Waals surface area contributed by atoms with E-state index in [-0.39, 0.29) is 5.76 Å². The third-order valence-electron chi connectivity index (χ3n) is 1.54. The lowest BCUT2D eigenvalue weighted by Gasteiger charge is -2.15. The molecule has 0 radical (unpaired) electrons. The van der Waals surface area contributed by atoms with Crippen LogP contribution in [0.3, 0.4) is 0 Å². The molecular weight excluding hydrogens is 191 g/mol. The highest BCUT2D eigenvalue weighted by Gasteiger charge is 2.25. The van der Waals surface area contributed by atoms with E-state index in [1.54, 1.807) is 13.0 Å². The summed E-state index contributed by atoms with van der Waals surface area (Å²) in [6.45, 7) is 7.20. The van der Waals surface area contributed by atoms with Gasteiger partial charge in [-0.2, -0.15) is 0 Å². The van der Waals surface area contributed by atoms with E-state index < -0.39 is 7.82 Å². The van der Waals surface area contributed by atoms with Gasteiger partial charge < -0.3 is 4.52 Å². The van der Waals surface area contributed by atoms with Crippen molar-refractivity contribution in [3.63, 3.8) is 0 Å². The molecule has 0 aliphatic carbocycles. The van der Waals surface area contributed by atoms with Crippen LogP contribution in [0.2, 0.25) is 0 Å². The van der Waals surface area contributed by atoms with E-state index in [2.05, 4.69) is 15.6 Å². The molecule has 4 nitrogen and oxygen atoms in total. The maximum atomic E-state index is 11.4. The summed E-state index contributed by atoms with van der Waals surface area (Å²) in [4.78, 5) is 0. The van der Waals surface area contributed by atoms with Crippen molar-refractivity contribution in [1.29, 1.82) is 0 Å². The molecule has 13 heavy (non-hydrogen) atoms. The van der Waals surface area contributed by atoms with Crippen LogP contribution >= 0.6 is 7.82 Å². The van der Waals surface area contributed by atoms with E-state index in [0.717, 1.165) is 5.57 Å². The molecule has 0 fully saturated rings. The second kappa shape index (κ2) is 5.22. The number of rotatable bonds is 5. The standard InChI is InChI=1S/C8H15O4P/c1-6-7(2)8(3)12-13(9,10-4)11-5/h6H,3H2,1-2,4-5H3. The lowest BCUT2D eigenvalue weighted by molar-refractivity contribution is 0.186. The van der Waals surface area contributed by atoms with E-state index in [4.69, 9.17) is 4.52 Å². The average Bonchev–Trinajstić information content (AvgIpc) is 2.16. The smallest absolute Gasteiger partial charge is 0.404 e. The third-order valence-corrected chi connectivity index (χ3v) is 2.88. The van der Waals surface area contributed by atoms with Gasteiger partial charge in [-0.1, -0.05) is 12.7 Å². The van der Waals surface area contributed by atoms with Crippen LogP contribution in [0, 0.1) is 0 Å². The Morgan fingerprint density at radius 1 is 1.38 bits per heavy atom. The predicted molar refractivity (Wildman–Crippen MR) is 51.3 cm³/mol. The summed E-state index contributed by atoms with van der Waals surface area (Å²) in [5.74, 6) is 0.287. The number of hydrogen-bond acceptors (Lipinski definition) is 4. The fraction of sp³-hybridized carbons (Fsp3) is 0.500. The van der Waals surface area contributed by atoms with Gasteiger partial charge in [0.2, 0.25) is 0 Å². The quantitative estimate of drug-likeness (QED) is 0.394. The fourth-order valence-electron chi connectivity index (χ4n) is 0.517. The summed E-state index contributed by atoms with van der Waals surface area (Å²) in [5.41, 5.74) is 0.786. The van der Waals surface area contributed by atoms with Crippen molar-refractivity contribution < 1.29 is 18.1 Å². The molecule has 5 heteroatoms. The first-order valence-electron chi connectivity index (χ1n) is 3.72. The molecule has 0 aromatic carbocycles. The number of allylic oxidation sites excluding steroid dienone is 2. The van der Waals surface area contributed by atoms with Gasteiger partial charge in [0.05, 0.1) is 0 Å². The summed E-state index contributed by atoms with van der Waals surface area (Å²) in [7, 11) is -0.940. The molecule has 0 atom stereocenters. The molecule has 0 aromatic rings. The minimum Gasteiger partial charge on any atom is -0.404 e. The van der Waals surface area contributed by atoms with Gasteiger partial charge in [-0.3, -0.25) is 9.05 Å².